The molecule has 0 atom stereocenters. The molecule has 0 saturated carbocycles. The van der Waals surface area contributed by atoms with Crippen LogP contribution >= 0.6 is 11.8 Å². The second kappa shape index (κ2) is 9.31. The molecule has 1 aliphatic heterocycles. The van der Waals surface area contributed by atoms with Crippen LogP contribution in [0.4, 0.5) is 11.4 Å². The molecule has 0 spiro atoms. The lowest BCUT2D eigenvalue weighted by Crippen LogP contribution is -3.15. The molecule has 1 saturated heterocycles. The van der Waals surface area contributed by atoms with Crippen molar-refractivity contribution in [2.24, 2.45) is 0 Å². The zero-order chi connectivity index (χ0) is 19.1. The largest absolute Gasteiger partial charge is 0.506 e. The van der Waals surface area contributed by atoms with Gasteiger partial charge in [0.05, 0.1) is 49.4 Å². The van der Waals surface area contributed by atoms with Crippen LogP contribution in [-0.2, 0) is 4.79 Å². The number of carbonyl (C=O) groups is 1. The zero-order valence-electron chi connectivity index (χ0n) is 15.0. The summed E-state index contributed by atoms with van der Waals surface area (Å²) in [5, 5.41) is 21.7. The second-order valence-electron chi connectivity index (χ2n) is 6.39. The molecule has 2 aromatic rings. The molecular weight excluding hydrogens is 360 g/mol. The summed E-state index contributed by atoms with van der Waals surface area (Å²) in [6.07, 6.45) is 0. The number of quaternary nitrogens is 1. The molecule has 1 amide bonds. The molecule has 3 rings (SSSR count). The van der Waals surface area contributed by atoms with Crippen molar-refractivity contribution >= 4 is 29.0 Å². The van der Waals surface area contributed by atoms with Gasteiger partial charge in [0.25, 0.3) is 5.91 Å². The third-order valence-corrected chi connectivity index (χ3v) is 5.50. The SMILES string of the molecule is N#CCSc1ccccc1NC(=O)C[NH+]1CCN(c2ccccc2O)CC1. The first-order valence-electron chi connectivity index (χ1n) is 8.92. The maximum atomic E-state index is 12.5. The van der Waals surface area contributed by atoms with Gasteiger partial charge in [0.15, 0.2) is 6.54 Å². The van der Waals surface area contributed by atoms with E-state index >= 15 is 0 Å². The number of phenolic OH excluding ortho intramolecular Hbond substituents is 1. The van der Waals surface area contributed by atoms with E-state index in [9.17, 15) is 9.90 Å². The topological polar surface area (TPSA) is 80.8 Å². The number of piperazine rings is 1. The van der Waals surface area contributed by atoms with Gasteiger partial charge in [-0.1, -0.05) is 24.3 Å². The fraction of sp³-hybridized carbons (Fsp3) is 0.300. The lowest BCUT2D eigenvalue weighted by molar-refractivity contribution is -0.892. The van der Waals surface area contributed by atoms with E-state index in [1.54, 1.807) is 6.07 Å². The third-order valence-electron chi connectivity index (χ3n) is 4.56. The highest BCUT2D eigenvalue weighted by molar-refractivity contribution is 7.99. The highest BCUT2D eigenvalue weighted by Crippen LogP contribution is 2.27. The van der Waals surface area contributed by atoms with Crippen LogP contribution in [0.2, 0.25) is 0 Å². The van der Waals surface area contributed by atoms with Gasteiger partial charge in [0.1, 0.15) is 5.75 Å². The minimum Gasteiger partial charge on any atom is -0.506 e. The summed E-state index contributed by atoms with van der Waals surface area (Å²) in [5.74, 6) is 0.628. The van der Waals surface area contributed by atoms with Gasteiger partial charge in [-0.15, -0.1) is 11.8 Å². The number of para-hydroxylation sites is 3. The number of hydrogen-bond acceptors (Lipinski definition) is 5. The maximum Gasteiger partial charge on any atom is 0.279 e. The Morgan fingerprint density at radius 2 is 1.89 bits per heavy atom. The van der Waals surface area contributed by atoms with Crippen molar-refractivity contribution < 1.29 is 14.8 Å². The van der Waals surface area contributed by atoms with Crippen LogP contribution in [0.1, 0.15) is 0 Å². The molecule has 1 fully saturated rings. The van der Waals surface area contributed by atoms with E-state index in [4.69, 9.17) is 5.26 Å². The van der Waals surface area contributed by atoms with Crippen molar-refractivity contribution in [3.63, 3.8) is 0 Å². The standard InChI is InChI=1S/C20H22N4O2S/c21-9-14-27-19-8-4-1-5-16(19)22-20(26)15-23-10-12-24(13-11-23)17-6-2-3-7-18(17)25/h1-8,25H,10-15H2,(H,22,26)/p+1. The predicted octanol–water partition coefficient (Wildman–Crippen LogP) is 1.35. The summed E-state index contributed by atoms with van der Waals surface area (Å²) in [4.78, 5) is 16.7. The number of benzene rings is 2. The number of phenols is 1. The minimum absolute atomic E-state index is 0.0222. The number of nitrogens with one attached hydrogen (secondary N) is 2. The molecule has 1 heterocycles. The van der Waals surface area contributed by atoms with Gasteiger partial charge >= 0.3 is 0 Å². The molecule has 0 radical (unpaired) electrons. The van der Waals surface area contributed by atoms with Gasteiger partial charge in [-0.25, -0.2) is 0 Å². The lowest BCUT2D eigenvalue weighted by Gasteiger charge is -2.33. The van der Waals surface area contributed by atoms with E-state index < -0.39 is 0 Å². The Bertz CT molecular complexity index is 829. The van der Waals surface area contributed by atoms with Crippen LogP contribution in [0.15, 0.2) is 53.4 Å². The molecule has 6 nitrogen and oxygen atoms in total. The van der Waals surface area contributed by atoms with Crippen molar-refractivity contribution in [2.45, 2.75) is 4.90 Å². The molecular formula is C20H23N4O2S+. The summed E-state index contributed by atoms with van der Waals surface area (Å²) in [7, 11) is 0. The molecule has 0 aliphatic carbocycles. The summed E-state index contributed by atoms with van der Waals surface area (Å²) >= 11 is 1.42. The number of rotatable bonds is 6. The Balaban J connectivity index is 1.52. The van der Waals surface area contributed by atoms with Gasteiger partial charge in [0, 0.05) is 4.90 Å². The summed E-state index contributed by atoms with van der Waals surface area (Å²) in [5.41, 5.74) is 1.61. The number of nitrogens with zero attached hydrogens (tertiary/aromatic N) is 2. The first-order valence-corrected chi connectivity index (χ1v) is 9.91. The maximum absolute atomic E-state index is 12.5. The summed E-state index contributed by atoms with van der Waals surface area (Å²) < 4.78 is 0. The molecule has 2 aromatic carbocycles. The van der Waals surface area contributed by atoms with Crippen molar-refractivity contribution in [1.82, 2.24) is 0 Å². The van der Waals surface area contributed by atoms with Gasteiger partial charge < -0.3 is 20.2 Å². The minimum atomic E-state index is -0.0222. The van der Waals surface area contributed by atoms with Crippen molar-refractivity contribution in [3.8, 4) is 11.8 Å². The first-order chi connectivity index (χ1) is 13.2. The quantitative estimate of drug-likeness (QED) is 0.656. The van der Waals surface area contributed by atoms with E-state index in [1.165, 1.54) is 16.7 Å². The van der Waals surface area contributed by atoms with Crippen LogP contribution in [0.5, 0.6) is 5.75 Å². The van der Waals surface area contributed by atoms with Crippen molar-refractivity contribution in [1.29, 1.82) is 5.26 Å². The number of nitriles is 1. The molecule has 0 aromatic heterocycles. The number of anilines is 2. The number of amides is 1. The van der Waals surface area contributed by atoms with Gasteiger partial charge in [-0.3, -0.25) is 4.79 Å². The van der Waals surface area contributed by atoms with Gasteiger partial charge in [-0.2, -0.15) is 5.26 Å². The van der Waals surface area contributed by atoms with Gasteiger partial charge in [-0.05, 0) is 24.3 Å². The van der Waals surface area contributed by atoms with Crippen LogP contribution in [0, 0.1) is 11.3 Å². The van der Waals surface area contributed by atoms with E-state index in [-0.39, 0.29) is 5.91 Å². The fourth-order valence-corrected chi connectivity index (χ4v) is 3.87. The summed E-state index contributed by atoms with van der Waals surface area (Å²) in [6, 6.07) is 17.0. The molecule has 7 heteroatoms. The Morgan fingerprint density at radius 3 is 2.63 bits per heavy atom. The summed E-state index contributed by atoms with van der Waals surface area (Å²) in [6.45, 7) is 3.69. The zero-order valence-corrected chi connectivity index (χ0v) is 15.8. The van der Waals surface area contributed by atoms with E-state index in [1.807, 2.05) is 42.5 Å². The van der Waals surface area contributed by atoms with E-state index in [0.29, 0.717) is 18.0 Å². The van der Waals surface area contributed by atoms with Crippen LogP contribution in [0.3, 0.4) is 0 Å². The number of aromatic hydroxyl groups is 1. The van der Waals surface area contributed by atoms with Crippen LogP contribution in [0.25, 0.3) is 0 Å². The molecule has 0 unspecified atom stereocenters. The molecule has 27 heavy (non-hydrogen) atoms. The Labute approximate surface area is 163 Å². The van der Waals surface area contributed by atoms with E-state index in [2.05, 4.69) is 16.3 Å². The molecule has 0 bridgehead atoms. The van der Waals surface area contributed by atoms with Gasteiger partial charge in [0.2, 0.25) is 0 Å². The molecule has 3 N–H and O–H groups in total. The normalized spacial score (nSPS) is 14.6. The number of hydrogen-bond donors (Lipinski definition) is 3. The van der Waals surface area contributed by atoms with Crippen molar-refractivity contribution in [3.05, 3.63) is 48.5 Å². The van der Waals surface area contributed by atoms with Crippen molar-refractivity contribution in [2.75, 3.05) is 48.7 Å². The average molecular weight is 383 g/mol. The molecule has 140 valence electrons. The monoisotopic (exact) mass is 383 g/mol. The fourth-order valence-electron chi connectivity index (χ4n) is 3.20. The Morgan fingerprint density at radius 1 is 1.19 bits per heavy atom. The smallest absolute Gasteiger partial charge is 0.279 e. The third kappa shape index (κ3) is 5.16. The molecule has 1 aliphatic rings. The second-order valence-corrected chi connectivity index (χ2v) is 7.41. The highest BCUT2D eigenvalue weighted by atomic mass is 32.2. The predicted molar refractivity (Wildman–Crippen MR) is 107 cm³/mol. The van der Waals surface area contributed by atoms with Crippen LogP contribution < -0.4 is 15.1 Å². The average Bonchev–Trinajstić information content (AvgIpc) is 2.68. The Hall–Kier alpha value is -2.69. The van der Waals surface area contributed by atoms with E-state index in [0.717, 1.165) is 42.4 Å². The lowest BCUT2D eigenvalue weighted by atomic mass is 10.2. The Kier molecular flexibility index (Phi) is 6.58. The van der Waals surface area contributed by atoms with Crippen LogP contribution in [-0.4, -0.2) is 49.5 Å². The number of thioether (sulfide) groups is 1. The first kappa shape index (κ1) is 19.1. The highest BCUT2D eigenvalue weighted by Gasteiger charge is 2.23. The number of carbonyl (C=O) groups excluding carboxylic acids is 1.